The Balaban J connectivity index is 1.11. The summed E-state index contributed by atoms with van der Waals surface area (Å²) in [6, 6.07) is 22.6. The standard InChI is InChI=1S/C34H42N2O5/c1-34(2)20-32(37)36-33-26(9-6-10-29(33)34)23-41-31-21-35-17-16-28(31)24-12-14-27(15-13-24)40-19-7-18-39-22-25-8-4-5-11-30(25)38-3/h4-6,8-15,28,31,35H,7,16-23H2,1-3H3,(H,36,37)/t28-,31+/m1/s1. The fourth-order valence-electron chi connectivity index (χ4n) is 5.86. The highest BCUT2D eigenvalue weighted by atomic mass is 16.5. The maximum absolute atomic E-state index is 12.4. The van der Waals surface area contributed by atoms with Crippen LogP contribution in [-0.4, -0.2) is 45.4 Å². The maximum atomic E-state index is 12.4. The van der Waals surface area contributed by atoms with Crippen molar-refractivity contribution >= 4 is 11.6 Å². The van der Waals surface area contributed by atoms with E-state index in [9.17, 15) is 4.79 Å². The summed E-state index contributed by atoms with van der Waals surface area (Å²) in [7, 11) is 1.68. The lowest BCUT2D eigenvalue weighted by Gasteiger charge is -2.35. The Morgan fingerprint density at radius 2 is 1.73 bits per heavy atom. The van der Waals surface area contributed by atoms with E-state index in [1.54, 1.807) is 7.11 Å². The number of rotatable bonds is 12. The smallest absolute Gasteiger partial charge is 0.225 e. The van der Waals surface area contributed by atoms with Gasteiger partial charge in [-0.15, -0.1) is 0 Å². The Kier molecular flexibility index (Phi) is 9.60. The molecule has 1 saturated heterocycles. The van der Waals surface area contributed by atoms with Crippen LogP contribution in [-0.2, 0) is 32.9 Å². The van der Waals surface area contributed by atoms with Crippen molar-refractivity contribution in [3.05, 3.63) is 89.0 Å². The molecule has 2 aliphatic rings. The maximum Gasteiger partial charge on any atom is 0.225 e. The van der Waals surface area contributed by atoms with E-state index in [4.69, 9.17) is 18.9 Å². The number of piperidine rings is 1. The molecule has 0 saturated carbocycles. The summed E-state index contributed by atoms with van der Waals surface area (Å²) in [6.45, 7) is 8.21. The van der Waals surface area contributed by atoms with Gasteiger partial charge < -0.3 is 29.6 Å². The Morgan fingerprint density at radius 1 is 0.927 bits per heavy atom. The molecule has 3 aromatic carbocycles. The number of anilines is 1. The molecule has 2 N–H and O–H groups in total. The van der Waals surface area contributed by atoms with Crippen LogP contribution in [0, 0.1) is 0 Å². The van der Waals surface area contributed by atoms with Crippen LogP contribution in [0.15, 0.2) is 66.7 Å². The van der Waals surface area contributed by atoms with Crippen LogP contribution in [0.1, 0.15) is 61.3 Å². The quantitative estimate of drug-likeness (QED) is 0.267. The summed E-state index contributed by atoms with van der Waals surface area (Å²) >= 11 is 0. The lowest BCUT2D eigenvalue weighted by atomic mass is 9.77. The predicted molar refractivity (Wildman–Crippen MR) is 161 cm³/mol. The number of fused-ring (bicyclic) bond motifs is 1. The minimum Gasteiger partial charge on any atom is -0.496 e. The minimum absolute atomic E-state index is 0.0408. The van der Waals surface area contributed by atoms with Gasteiger partial charge in [-0.1, -0.05) is 62.4 Å². The highest BCUT2D eigenvalue weighted by molar-refractivity contribution is 5.96. The average molecular weight is 559 g/mol. The van der Waals surface area contributed by atoms with E-state index < -0.39 is 0 Å². The molecule has 2 atom stereocenters. The summed E-state index contributed by atoms with van der Waals surface area (Å²) in [4.78, 5) is 12.4. The van der Waals surface area contributed by atoms with Gasteiger partial charge in [0.2, 0.25) is 5.91 Å². The van der Waals surface area contributed by atoms with E-state index in [1.165, 1.54) is 11.1 Å². The van der Waals surface area contributed by atoms with Crippen LogP contribution >= 0.6 is 0 Å². The number of ether oxygens (including phenoxy) is 4. The van der Waals surface area contributed by atoms with Gasteiger partial charge >= 0.3 is 0 Å². The Labute approximate surface area is 243 Å². The summed E-state index contributed by atoms with van der Waals surface area (Å²) in [5.74, 6) is 2.06. The van der Waals surface area contributed by atoms with Crippen LogP contribution < -0.4 is 20.1 Å². The average Bonchev–Trinajstić information content (AvgIpc) is 2.98. The number of carbonyl (C=O) groups excluding carboxylic acids is 1. The van der Waals surface area contributed by atoms with Crippen molar-refractivity contribution in [3.63, 3.8) is 0 Å². The predicted octanol–water partition coefficient (Wildman–Crippen LogP) is 5.96. The zero-order chi connectivity index (χ0) is 28.7. The fourth-order valence-corrected chi connectivity index (χ4v) is 5.86. The first-order chi connectivity index (χ1) is 19.9. The van der Waals surface area contributed by atoms with Crippen molar-refractivity contribution in [2.45, 2.75) is 63.8 Å². The molecule has 2 heterocycles. The van der Waals surface area contributed by atoms with Gasteiger partial charge in [0.1, 0.15) is 11.5 Å². The summed E-state index contributed by atoms with van der Waals surface area (Å²) in [5.41, 5.74) is 5.24. The number of methoxy groups -OCH3 is 1. The van der Waals surface area contributed by atoms with Gasteiger partial charge in [0.25, 0.3) is 0 Å². The third-order valence-electron chi connectivity index (χ3n) is 8.09. The summed E-state index contributed by atoms with van der Waals surface area (Å²) in [5, 5.41) is 6.59. The normalized spacial score (nSPS) is 19.7. The zero-order valence-corrected chi connectivity index (χ0v) is 24.4. The Bertz CT molecular complexity index is 1310. The van der Waals surface area contributed by atoms with Crippen LogP contribution in [0.4, 0.5) is 5.69 Å². The van der Waals surface area contributed by atoms with E-state index in [-0.39, 0.29) is 17.4 Å². The van der Waals surface area contributed by atoms with Crippen molar-refractivity contribution in [3.8, 4) is 11.5 Å². The molecule has 41 heavy (non-hydrogen) atoms. The van der Waals surface area contributed by atoms with Crippen molar-refractivity contribution in [1.82, 2.24) is 5.32 Å². The van der Waals surface area contributed by atoms with E-state index >= 15 is 0 Å². The molecular weight excluding hydrogens is 516 g/mol. The highest BCUT2D eigenvalue weighted by Crippen LogP contribution is 2.39. The van der Waals surface area contributed by atoms with E-state index in [0.717, 1.165) is 54.2 Å². The van der Waals surface area contributed by atoms with Gasteiger partial charge in [-0.25, -0.2) is 0 Å². The summed E-state index contributed by atoms with van der Waals surface area (Å²) in [6.07, 6.45) is 2.35. The Hall–Kier alpha value is -3.39. The van der Waals surface area contributed by atoms with Crippen molar-refractivity contribution in [2.75, 3.05) is 38.7 Å². The second kappa shape index (κ2) is 13.5. The first kappa shape index (κ1) is 29.1. The monoisotopic (exact) mass is 558 g/mol. The van der Waals surface area contributed by atoms with E-state index in [1.807, 2.05) is 24.3 Å². The molecule has 2 aliphatic heterocycles. The lowest BCUT2D eigenvalue weighted by Crippen LogP contribution is -2.41. The zero-order valence-electron chi connectivity index (χ0n) is 24.4. The molecule has 7 nitrogen and oxygen atoms in total. The molecule has 0 spiro atoms. The van der Waals surface area contributed by atoms with Crippen LogP contribution in [0.3, 0.4) is 0 Å². The van der Waals surface area contributed by atoms with Crippen molar-refractivity contribution in [2.24, 2.45) is 0 Å². The second-order valence-corrected chi connectivity index (χ2v) is 11.5. The Morgan fingerprint density at radius 3 is 2.56 bits per heavy atom. The fraction of sp³-hybridized carbons (Fsp3) is 0.441. The van der Waals surface area contributed by atoms with Crippen molar-refractivity contribution in [1.29, 1.82) is 0 Å². The van der Waals surface area contributed by atoms with E-state index in [0.29, 0.717) is 38.8 Å². The third kappa shape index (κ3) is 7.28. The molecule has 7 heteroatoms. The van der Waals surface area contributed by atoms with Gasteiger partial charge in [-0.2, -0.15) is 0 Å². The molecule has 0 aliphatic carbocycles. The molecule has 1 amide bonds. The number of hydrogen-bond donors (Lipinski definition) is 2. The van der Waals surface area contributed by atoms with Crippen LogP contribution in [0.25, 0.3) is 0 Å². The number of para-hydroxylation sites is 2. The van der Waals surface area contributed by atoms with Crippen LogP contribution in [0.2, 0.25) is 0 Å². The molecule has 1 fully saturated rings. The first-order valence-electron chi connectivity index (χ1n) is 14.6. The van der Waals surface area contributed by atoms with Gasteiger partial charge in [0.05, 0.1) is 45.3 Å². The largest absolute Gasteiger partial charge is 0.496 e. The second-order valence-electron chi connectivity index (χ2n) is 11.5. The lowest BCUT2D eigenvalue weighted by molar-refractivity contribution is -0.117. The first-order valence-corrected chi connectivity index (χ1v) is 14.6. The molecular formula is C34H42N2O5. The molecule has 218 valence electrons. The molecule has 5 rings (SSSR count). The number of benzene rings is 3. The van der Waals surface area contributed by atoms with Gasteiger partial charge in [-0.3, -0.25) is 4.79 Å². The number of nitrogens with one attached hydrogen (secondary N) is 2. The molecule has 0 aromatic heterocycles. The molecule has 0 radical (unpaired) electrons. The van der Waals surface area contributed by atoms with E-state index in [2.05, 4.69) is 66.9 Å². The number of amides is 1. The number of carbonyl (C=O) groups is 1. The SMILES string of the molecule is COc1ccccc1COCCCOc1ccc([C@H]2CCNC[C@@H]2OCc2cccc3c2NC(=O)CC3(C)C)cc1. The van der Waals surface area contributed by atoms with Gasteiger partial charge in [-0.05, 0) is 42.3 Å². The van der Waals surface area contributed by atoms with Gasteiger partial charge in [0.15, 0.2) is 0 Å². The highest BCUT2D eigenvalue weighted by Gasteiger charge is 2.33. The summed E-state index contributed by atoms with van der Waals surface area (Å²) < 4.78 is 23.7. The topological polar surface area (TPSA) is 78.1 Å². The molecule has 0 bridgehead atoms. The van der Waals surface area contributed by atoms with Gasteiger partial charge in [0, 0.05) is 41.8 Å². The van der Waals surface area contributed by atoms with Crippen LogP contribution in [0.5, 0.6) is 11.5 Å². The number of hydrogen-bond acceptors (Lipinski definition) is 6. The van der Waals surface area contributed by atoms with Crippen molar-refractivity contribution < 1.29 is 23.7 Å². The third-order valence-corrected chi connectivity index (χ3v) is 8.09. The molecule has 0 unspecified atom stereocenters. The molecule has 3 aromatic rings. The minimum atomic E-state index is -0.185.